The molecule has 0 saturated heterocycles. The number of nitrogens with two attached hydrogens (primary N) is 1. The molecule has 0 atom stereocenters. The summed E-state index contributed by atoms with van der Waals surface area (Å²) >= 11 is -0.202. The maximum absolute atomic E-state index is 12.3. The van der Waals surface area contributed by atoms with Gasteiger partial charge in [-0.1, -0.05) is 18.2 Å². The van der Waals surface area contributed by atoms with Crippen molar-refractivity contribution >= 4 is 35.3 Å². The highest BCUT2D eigenvalue weighted by atomic mass is 32.2. The number of primary amides is 1. The number of rotatable bonds is 7. The average Bonchev–Trinajstić information content (AvgIpc) is 2.58. The molecule has 0 unspecified atom stereocenters. The summed E-state index contributed by atoms with van der Waals surface area (Å²) in [6, 6.07) is 12.0. The standard InChI is InChI=1S/C18H15F3N2O3S/c19-18(20,21)27-15-7-4-12(5-8-15)6-9-17(25)23-13-2-1-3-14(10-13)26-11-16(22)24/h1-10H,11H2,(H2,22,24)(H,23,25)/b9-6+. The van der Waals surface area contributed by atoms with Crippen LogP contribution >= 0.6 is 11.8 Å². The lowest BCUT2D eigenvalue weighted by atomic mass is 10.2. The Hall–Kier alpha value is -2.94. The number of carbonyl (C=O) groups excluding carboxylic acids is 2. The molecular formula is C18H15F3N2O3S. The van der Waals surface area contributed by atoms with Crippen LogP contribution in [0.5, 0.6) is 5.75 Å². The Labute approximate surface area is 157 Å². The minimum Gasteiger partial charge on any atom is -0.484 e. The second-order valence-electron chi connectivity index (χ2n) is 5.22. The molecule has 0 aliphatic carbocycles. The first-order valence-electron chi connectivity index (χ1n) is 7.57. The smallest absolute Gasteiger partial charge is 0.446 e. The SMILES string of the molecule is NC(=O)COc1cccc(NC(=O)/C=C/c2ccc(SC(F)(F)F)cc2)c1. The fourth-order valence-corrected chi connectivity index (χ4v) is 2.49. The van der Waals surface area contributed by atoms with Crippen LogP contribution in [0.3, 0.4) is 0 Å². The van der Waals surface area contributed by atoms with E-state index in [1.165, 1.54) is 42.5 Å². The first-order chi connectivity index (χ1) is 12.7. The Morgan fingerprint density at radius 1 is 1.15 bits per heavy atom. The molecule has 0 heterocycles. The molecule has 0 aliphatic rings. The number of ether oxygens (including phenoxy) is 1. The first kappa shape index (κ1) is 20.4. The Bertz CT molecular complexity index is 836. The number of nitrogens with one attached hydrogen (secondary N) is 1. The molecule has 2 aromatic carbocycles. The van der Waals surface area contributed by atoms with E-state index in [4.69, 9.17) is 10.5 Å². The number of hydrogen-bond acceptors (Lipinski definition) is 4. The van der Waals surface area contributed by atoms with Crippen LogP contribution in [0, 0.1) is 0 Å². The van der Waals surface area contributed by atoms with Crippen molar-refractivity contribution in [2.45, 2.75) is 10.4 Å². The molecule has 3 N–H and O–H groups in total. The normalized spacial score (nSPS) is 11.4. The monoisotopic (exact) mass is 396 g/mol. The van der Waals surface area contributed by atoms with Crippen molar-refractivity contribution in [2.24, 2.45) is 5.73 Å². The average molecular weight is 396 g/mol. The van der Waals surface area contributed by atoms with E-state index in [9.17, 15) is 22.8 Å². The number of thioether (sulfide) groups is 1. The van der Waals surface area contributed by atoms with Crippen LogP contribution in [0.15, 0.2) is 59.5 Å². The first-order valence-corrected chi connectivity index (χ1v) is 8.39. The van der Waals surface area contributed by atoms with Crippen LogP contribution in [0.1, 0.15) is 5.56 Å². The number of anilines is 1. The molecule has 2 aromatic rings. The van der Waals surface area contributed by atoms with E-state index in [0.29, 0.717) is 17.0 Å². The summed E-state index contributed by atoms with van der Waals surface area (Å²) in [6.45, 7) is -0.278. The van der Waals surface area contributed by atoms with E-state index >= 15 is 0 Å². The zero-order chi connectivity index (χ0) is 19.9. The molecule has 0 radical (unpaired) electrons. The topological polar surface area (TPSA) is 81.4 Å². The van der Waals surface area contributed by atoms with Gasteiger partial charge in [0, 0.05) is 22.7 Å². The Balaban J connectivity index is 1.93. The van der Waals surface area contributed by atoms with Crippen LogP contribution in [0.25, 0.3) is 6.08 Å². The van der Waals surface area contributed by atoms with Gasteiger partial charge in [-0.05, 0) is 47.7 Å². The summed E-state index contributed by atoms with van der Waals surface area (Å²) in [4.78, 5) is 22.7. The molecule has 142 valence electrons. The fourth-order valence-electron chi connectivity index (χ4n) is 1.95. The zero-order valence-corrected chi connectivity index (χ0v) is 14.6. The van der Waals surface area contributed by atoms with Gasteiger partial charge in [-0.25, -0.2) is 0 Å². The van der Waals surface area contributed by atoms with Gasteiger partial charge in [0.25, 0.3) is 5.91 Å². The van der Waals surface area contributed by atoms with Crippen molar-refractivity contribution in [3.63, 3.8) is 0 Å². The van der Waals surface area contributed by atoms with E-state index in [1.54, 1.807) is 18.2 Å². The minimum absolute atomic E-state index is 0.0666. The molecule has 27 heavy (non-hydrogen) atoms. The third kappa shape index (κ3) is 7.87. The second kappa shape index (κ2) is 9.13. The van der Waals surface area contributed by atoms with Crippen LogP contribution in [0.2, 0.25) is 0 Å². The van der Waals surface area contributed by atoms with Gasteiger partial charge < -0.3 is 15.8 Å². The van der Waals surface area contributed by atoms with Crippen LogP contribution < -0.4 is 15.8 Å². The Kier molecular flexibility index (Phi) is 6.89. The van der Waals surface area contributed by atoms with Gasteiger partial charge in [-0.2, -0.15) is 13.2 Å². The Morgan fingerprint density at radius 3 is 2.48 bits per heavy atom. The van der Waals surface area contributed by atoms with Crippen molar-refractivity contribution in [1.82, 2.24) is 0 Å². The Morgan fingerprint density at radius 2 is 1.85 bits per heavy atom. The van der Waals surface area contributed by atoms with Gasteiger partial charge in [-0.15, -0.1) is 0 Å². The molecule has 0 aliphatic heterocycles. The lowest BCUT2D eigenvalue weighted by Gasteiger charge is -2.07. The van der Waals surface area contributed by atoms with E-state index in [0.717, 1.165) is 0 Å². The number of amides is 2. The molecule has 0 saturated carbocycles. The van der Waals surface area contributed by atoms with Crippen LogP contribution in [-0.4, -0.2) is 23.9 Å². The lowest BCUT2D eigenvalue weighted by Crippen LogP contribution is -2.20. The lowest BCUT2D eigenvalue weighted by molar-refractivity contribution is -0.120. The predicted molar refractivity (Wildman–Crippen MR) is 97.1 cm³/mol. The quantitative estimate of drug-likeness (QED) is 0.551. The van der Waals surface area contributed by atoms with Gasteiger partial charge >= 0.3 is 5.51 Å². The van der Waals surface area contributed by atoms with Crippen molar-refractivity contribution in [3.05, 3.63) is 60.2 Å². The number of carbonyl (C=O) groups is 2. The van der Waals surface area contributed by atoms with Gasteiger partial charge in [0.2, 0.25) is 5.91 Å². The maximum atomic E-state index is 12.3. The maximum Gasteiger partial charge on any atom is 0.446 e. The fraction of sp³-hybridized carbons (Fsp3) is 0.111. The van der Waals surface area contributed by atoms with Crippen molar-refractivity contribution < 1.29 is 27.5 Å². The van der Waals surface area contributed by atoms with Gasteiger partial charge in [0.05, 0.1) is 0 Å². The third-order valence-electron chi connectivity index (χ3n) is 3.02. The number of hydrogen-bond donors (Lipinski definition) is 2. The molecule has 0 bridgehead atoms. The molecule has 9 heteroatoms. The molecule has 2 amide bonds. The summed E-state index contributed by atoms with van der Waals surface area (Å²) in [5, 5.41) is 2.61. The summed E-state index contributed by atoms with van der Waals surface area (Å²) in [7, 11) is 0. The highest BCUT2D eigenvalue weighted by Gasteiger charge is 2.28. The van der Waals surface area contributed by atoms with Crippen LogP contribution in [0.4, 0.5) is 18.9 Å². The van der Waals surface area contributed by atoms with E-state index in [2.05, 4.69) is 5.32 Å². The highest BCUT2D eigenvalue weighted by molar-refractivity contribution is 8.00. The highest BCUT2D eigenvalue weighted by Crippen LogP contribution is 2.36. The van der Waals surface area contributed by atoms with Gasteiger partial charge in [0.1, 0.15) is 5.75 Å². The largest absolute Gasteiger partial charge is 0.484 e. The van der Waals surface area contributed by atoms with Crippen LogP contribution in [-0.2, 0) is 9.59 Å². The van der Waals surface area contributed by atoms with E-state index in [-0.39, 0.29) is 23.3 Å². The van der Waals surface area contributed by atoms with Gasteiger partial charge in [-0.3, -0.25) is 9.59 Å². The number of halogens is 3. The summed E-state index contributed by atoms with van der Waals surface area (Å²) < 4.78 is 42.0. The van der Waals surface area contributed by atoms with Gasteiger partial charge in [0.15, 0.2) is 6.61 Å². The molecule has 0 spiro atoms. The summed E-state index contributed by atoms with van der Waals surface area (Å²) in [5.74, 6) is -0.684. The number of benzene rings is 2. The molecule has 0 fully saturated rings. The molecule has 0 aromatic heterocycles. The summed E-state index contributed by atoms with van der Waals surface area (Å²) in [5.41, 5.74) is 1.68. The molecular weight excluding hydrogens is 381 g/mol. The third-order valence-corrected chi connectivity index (χ3v) is 3.76. The van der Waals surface area contributed by atoms with Crippen molar-refractivity contribution in [1.29, 1.82) is 0 Å². The molecule has 2 rings (SSSR count). The van der Waals surface area contributed by atoms with E-state index < -0.39 is 17.3 Å². The minimum atomic E-state index is -4.34. The summed E-state index contributed by atoms with van der Waals surface area (Å²) in [6.07, 6.45) is 2.73. The van der Waals surface area contributed by atoms with E-state index in [1.807, 2.05) is 0 Å². The molecule has 5 nitrogen and oxygen atoms in total. The zero-order valence-electron chi connectivity index (χ0n) is 13.8. The second-order valence-corrected chi connectivity index (χ2v) is 6.36. The number of alkyl halides is 3. The van der Waals surface area contributed by atoms with Crippen molar-refractivity contribution in [3.8, 4) is 5.75 Å². The van der Waals surface area contributed by atoms with Crippen molar-refractivity contribution in [2.75, 3.05) is 11.9 Å². The predicted octanol–water partition coefficient (Wildman–Crippen LogP) is 3.81.